The van der Waals surface area contributed by atoms with E-state index in [0.717, 1.165) is 37.1 Å². The molecule has 2 heterocycles. The van der Waals surface area contributed by atoms with Gasteiger partial charge in [0.15, 0.2) is 0 Å². The Balaban J connectivity index is 1.49. The fraction of sp³-hybridized carbons (Fsp3) is 0.333. The van der Waals surface area contributed by atoms with Gasteiger partial charge < -0.3 is 26.4 Å². The SMILES string of the molecule is COCc1cccc(C(Nc2cc(Cl)c3ncc(C#N)c(Nc4ccc(F)c(Cl)c4)c3c2)/C(N)=C/NC2CCN(C(C)(C)C)CC2)c1. The zero-order valence-electron chi connectivity index (χ0n) is 27.0. The van der Waals surface area contributed by atoms with Gasteiger partial charge in [-0.05, 0) is 75.1 Å². The summed E-state index contributed by atoms with van der Waals surface area (Å²) in [4.78, 5) is 6.97. The van der Waals surface area contributed by atoms with Crippen molar-refractivity contribution in [3.8, 4) is 6.07 Å². The third-order valence-corrected chi connectivity index (χ3v) is 8.98. The van der Waals surface area contributed by atoms with Crippen LogP contribution in [0.2, 0.25) is 10.0 Å². The molecule has 47 heavy (non-hydrogen) atoms. The smallest absolute Gasteiger partial charge is 0.141 e. The van der Waals surface area contributed by atoms with Gasteiger partial charge in [0, 0.05) is 60.9 Å². The van der Waals surface area contributed by atoms with Crippen LogP contribution in [-0.2, 0) is 11.3 Å². The molecule has 5 rings (SSSR count). The fourth-order valence-electron chi connectivity index (χ4n) is 5.85. The lowest BCUT2D eigenvalue weighted by Gasteiger charge is -2.41. The number of hydrogen-bond acceptors (Lipinski definition) is 8. The molecule has 246 valence electrons. The number of anilines is 3. The van der Waals surface area contributed by atoms with E-state index in [-0.39, 0.29) is 16.1 Å². The highest BCUT2D eigenvalue weighted by molar-refractivity contribution is 6.36. The lowest BCUT2D eigenvalue weighted by molar-refractivity contribution is 0.0988. The Morgan fingerprint density at radius 3 is 2.55 bits per heavy atom. The van der Waals surface area contributed by atoms with Gasteiger partial charge in [0.05, 0.1) is 45.2 Å². The number of pyridine rings is 1. The van der Waals surface area contributed by atoms with Gasteiger partial charge >= 0.3 is 0 Å². The molecule has 1 aliphatic rings. The molecule has 0 saturated carbocycles. The van der Waals surface area contributed by atoms with Crippen LogP contribution in [-0.4, -0.2) is 41.7 Å². The second-order valence-corrected chi connectivity index (χ2v) is 13.6. The minimum atomic E-state index is -0.539. The maximum atomic E-state index is 13.9. The first-order valence-electron chi connectivity index (χ1n) is 15.5. The minimum Gasteiger partial charge on any atom is -0.399 e. The van der Waals surface area contributed by atoms with Gasteiger partial charge in [-0.15, -0.1) is 0 Å². The summed E-state index contributed by atoms with van der Waals surface area (Å²) < 4.78 is 19.3. The molecule has 4 aromatic rings. The molecule has 1 aliphatic heterocycles. The maximum absolute atomic E-state index is 13.9. The van der Waals surface area contributed by atoms with Crippen LogP contribution in [0.4, 0.5) is 21.5 Å². The van der Waals surface area contributed by atoms with Gasteiger partial charge in [0.2, 0.25) is 0 Å². The molecular weight excluding hydrogens is 636 g/mol. The molecule has 5 N–H and O–H groups in total. The van der Waals surface area contributed by atoms with Gasteiger partial charge in [0.25, 0.3) is 0 Å². The van der Waals surface area contributed by atoms with Crippen molar-refractivity contribution in [3.63, 3.8) is 0 Å². The number of fused-ring (bicyclic) bond motifs is 1. The zero-order chi connectivity index (χ0) is 33.7. The lowest BCUT2D eigenvalue weighted by Crippen LogP contribution is -2.49. The van der Waals surface area contributed by atoms with Gasteiger partial charge in [-0.3, -0.25) is 9.88 Å². The molecule has 11 heteroatoms. The molecule has 0 bridgehead atoms. The van der Waals surface area contributed by atoms with Crippen LogP contribution in [0, 0.1) is 17.1 Å². The highest BCUT2D eigenvalue weighted by Gasteiger charge is 2.27. The predicted molar refractivity (Wildman–Crippen MR) is 189 cm³/mol. The quantitative estimate of drug-likeness (QED) is 0.133. The summed E-state index contributed by atoms with van der Waals surface area (Å²) in [6, 6.07) is 18.1. The first-order chi connectivity index (χ1) is 22.5. The molecule has 0 spiro atoms. The summed E-state index contributed by atoms with van der Waals surface area (Å²) in [5.41, 5.74) is 12.0. The van der Waals surface area contributed by atoms with Crippen molar-refractivity contribution in [2.24, 2.45) is 5.73 Å². The first kappa shape index (κ1) is 34.3. The second-order valence-electron chi connectivity index (χ2n) is 12.8. The number of benzene rings is 3. The van der Waals surface area contributed by atoms with Crippen molar-refractivity contribution < 1.29 is 9.13 Å². The van der Waals surface area contributed by atoms with Crippen molar-refractivity contribution in [2.45, 2.75) is 57.8 Å². The Kier molecular flexibility index (Phi) is 10.8. The highest BCUT2D eigenvalue weighted by atomic mass is 35.5. The summed E-state index contributed by atoms with van der Waals surface area (Å²) in [7, 11) is 1.66. The molecule has 1 unspecified atom stereocenters. The number of methoxy groups -OCH3 is 1. The van der Waals surface area contributed by atoms with E-state index in [1.165, 1.54) is 18.3 Å². The van der Waals surface area contributed by atoms with Crippen molar-refractivity contribution in [2.75, 3.05) is 30.8 Å². The number of ether oxygens (including phenoxy) is 1. The van der Waals surface area contributed by atoms with Crippen LogP contribution in [0.5, 0.6) is 0 Å². The Hall–Kier alpha value is -4.07. The van der Waals surface area contributed by atoms with Gasteiger partial charge in [-0.25, -0.2) is 4.39 Å². The molecule has 8 nitrogen and oxygen atoms in total. The standard InChI is InChI=1S/C36H40Cl2FN7O/c1-36(2,3)46-12-10-25(11-13-46)42-20-32(41)34(23-7-5-6-22(14-23)21-47-4)45-27-15-28-33(44-26-8-9-31(39)29(37)16-26)24(18-40)19-43-35(28)30(38)17-27/h5-9,14-17,19-20,25,34,42,45H,10-13,21,41H2,1-4H3,(H,43,44)/b32-20-. The summed E-state index contributed by atoms with van der Waals surface area (Å²) in [6.07, 6.45) is 5.40. The van der Waals surface area contributed by atoms with Crippen LogP contribution in [0.1, 0.15) is 56.3 Å². The molecule has 1 saturated heterocycles. The first-order valence-corrected chi connectivity index (χ1v) is 16.3. The monoisotopic (exact) mass is 675 g/mol. The van der Waals surface area contributed by atoms with Crippen molar-refractivity contribution in [1.82, 2.24) is 15.2 Å². The third-order valence-electron chi connectivity index (χ3n) is 8.40. The molecule has 0 aliphatic carbocycles. The topological polar surface area (TPSA) is 111 Å². The Labute approximate surface area is 285 Å². The zero-order valence-corrected chi connectivity index (χ0v) is 28.5. The number of nitrogens with two attached hydrogens (primary N) is 1. The van der Waals surface area contributed by atoms with E-state index in [0.29, 0.717) is 51.3 Å². The number of hydrogen-bond donors (Lipinski definition) is 4. The Morgan fingerprint density at radius 2 is 1.87 bits per heavy atom. The highest BCUT2D eigenvalue weighted by Crippen LogP contribution is 2.37. The van der Waals surface area contributed by atoms with Gasteiger partial charge in [-0.1, -0.05) is 47.5 Å². The number of likely N-dealkylation sites (tertiary alicyclic amines) is 1. The number of halogens is 3. The molecule has 0 amide bonds. The van der Waals surface area contributed by atoms with Crippen LogP contribution in [0.15, 0.2) is 72.7 Å². The number of aromatic nitrogens is 1. The normalized spacial score (nSPS) is 15.3. The average Bonchev–Trinajstić information content (AvgIpc) is 3.04. The molecular formula is C36H40Cl2FN7O. The number of piperidine rings is 1. The van der Waals surface area contributed by atoms with E-state index >= 15 is 0 Å². The second kappa shape index (κ2) is 14.8. The summed E-state index contributed by atoms with van der Waals surface area (Å²) in [6.45, 7) is 9.25. The van der Waals surface area contributed by atoms with E-state index in [1.54, 1.807) is 19.2 Å². The molecule has 1 fully saturated rings. The summed E-state index contributed by atoms with van der Waals surface area (Å²) in [5.74, 6) is -0.539. The molecule has 1 atom stereocenters. The number of nitrogens with zero attached hydrogens (tertiary/aromatic N) is 3. The minimum absolute atomic E-state index is 0.0403. The van der Waals surface area contributed by atoms with Crippen molar-refractivity contribution in [1.29, 1.82) is 5.26 Å². The Bertz CT molecular complexity index is 1810. The van der Waals surface area contributed by atoms with Crippen LogP contribution >= 0.6 is 23.2 Å². The van der Waals surface area contributed by atoms with E-state index in [1.807, 2.05) is 30.5 Å². The predicted octanol–water partition coefficient (Wildman–Crippen LogP) is 8.25. The van der Waals surface area contributed by atoms with E-state index in [2.05, 4.69) is 58.7 Å². The number of rotatable bonds is 10. The maximum Gasteiger partial charge on any atom is 0.141 e. The molecule has 3 aromatic carbocycles. The molecule has 1 aromatic heterocycles. The largest absolute Gasteiger partial charge is 0.399 e. The molecule has 0 radical (unpaired) electrons. The van der Waals surface area contributed by atoms with Crippen molar-refractivity contribution >= 4 is 51.2 Å². The van der Waals surface area contributed by atoms with Crippen LogP contribution in [0.25, 0.3) is 10.9 Å². The number of nitrogens with one attached hydrogen (secondary N) is 3. The summed E-state index contributed by atoms with van der Waals surface area (Å²) >= 11 is 12.8. The van der Waals surface area contributed by atoms with E-state index in [9.17, 15) is 9.65 Å². The van der Waals surface area contributed by atoms with E-state index < -0.39 is 11.9 Å². The lowest BCUT2D eigenvalue weighted by atomic mass is 9.98. The Morgan fingerprint density at radius 1 is 1.13 bits per heavy atom. The number of nitriles is 1. The van der Waals surface area contributed by atoms with Gasteiger partial charge in [-0.2, -0.15) is 5.26 Å². The third kappa shape index (κ3) is 8.27. The summed E-state index contributed by atoms with van der Waals surface area (Å²) in [5, 5.41) is 21.3. The van der Waals surface area contributed by atoms with Crippen LogP contribution < -0.4 is 21.7 Å². The fourth-order valence-corrected chi connectivity index (χ4v) is 6.30. The van der Waals surface area contributed by atoms with Gasteiger partial charge in [0.1, 0.15) is 11.9 Å². The average molecular weight is 677 g/mol. The van der Waals surface area contributed by atoms with Crippen molar-refractivity contribution in [3.05, 3.63) is 105 Å². The van der Waals surface area contributed by atoms with E-state index in [4.69, 9.17) is 33.7 Å². The van der Waals surface area contributed by atoms with Crippen LogP contribution in [0.3, 0.4) is 0 Å².